The zero-order valence-electron chi connectivity index (χ0n) is 18.1. The Morgan fingerprint density at radius 2 is 1.81 bits per heavy atom. The van der Waals surface area contributed by atoms with Gasteiger partial charge in [-0.2, -0.15) is 5.10 Å². The lowest BCUT2D eigenvalue weighted by molar-refractivity contribution is 0.0954. The van der Waals surface area contributed by atoms with Crippen LogP contribution in [0.25, 0.3) is 0 Å². The first-order valence-electron chi connectivity index (χ1n) is 10.6. The molecule has 0 aliphatic carbocycles. The number of aromatic nitrogens is 2. The summed E-state index contributed by atoms with van der Waals surface area (Å²) in [6.07, 6.45) is 3.74. The van der Waals surface area contributed by atoms with E-state index in [1.807, 2.05) is 67.2 Å². The molecule has 0 aliphatic heterocycles. The van der Waals surface area contributed by atoms with Crippen LogP contribution < -0.4 is 16.0 Å². The summed E-state index contributed by atoms with van der Waals surface area (Å²) in [6.45, 7) is 7.13. The number of aryl methyl sites for hydroxylation is 1. The molecule has 0 spiro atoms. The standard InChI is InChI=1S/C24H30N6O/c1-3-25-24(27-14-13-26-23(31)20-11-6-8-19(2)16-20)28-17-21-9-4-5-10-22(21)18-30-15-7-12-29-30/h4-12,15-16H,3,13-14,17-18H2,1-2H3,(H,26,31)(H2,25,27,28). The summed E-state index contributed by atoms with van der Waals surface area (Å²) in [6, 6.07) is 17.8. The van der Waals surface area contributed by atoms with Crippen LogP contribution in [0.15, 0.2) is 72.0 Å². The summed E-state index contributed by atoms with van der Waals surface area (Å²) in [4.78, 5) is 17.0. The Hall–Kier alpha value is -3.61. The second-order valence-electron chi connectivity index (χ2n) is 7.22. The van der Waals surface area contributed by atoms with Crippen molar-refractivity contribution in [1.29, 1.82) is 0 Å². The van der Waals surface area contributed by atoms with E-state index >= 15 is 0 Å². The number of guanidine groups is 1. The summed E-state index contributed by atoms with van der Waals surface area (Å²) in [5.74, 6) is 0.654. The molecule has 0 saturated carbocycles. The van der Waals surface area contributed by atoms with Gasteiger partial charge in [-0.1, -0.05) is 42.0 Å². The Bertz CT molecular complexity index is 997. The highest BCUT2D eigenvalue weighted by Crippen LogP contribution is 2.11. The van der Waals surface area contributed by atoms with E-state index in [1.165, 1.54) is 5.56 Å². The number of benzene rings is 2. The van der Waals surface area contributed by atoms with Crippen molar-refractivity contribution < 1.29 is 4.79 Å². The molecule has 3 N–H and O–H groups in total. The topological polar surface area (TPSA) is 83.3 Å². The van der Waals surface area contributed by atoms with Gasteiger partial charge in [0.15, 0.2) is 5.96 Å². The number of carbonyl (C=O) groups excluding carboxylic acids is 1. The van der Waals surface area contributed by atoms with E-state index in [0.29, 0.717) is 31.7 Å². The molecule has 0 bridgehead atoms. The lowest BCUT2D eigenvalue weighted by atomic mass is 10.1. The van der Waals surface area contributed by atoms with Crippen molar-refractivity contribution in [3.8, 4) is 0 Å². The monoisotopic (exact) mass is 418 g/mol. The summed E-state index contributed by atoms with van der Waals surface area (Å²) in [5, 5.41) is 13.8. The fourth-order valence-corrected chi connectivity index (χ4v) is 3.19. The van der Waals surface area contributed by atoms with Crippen molar-refractivity contribution in [2.24, 2.45) is 4.99 Å². The Morgan fingerprint density at radius 1 is 1.00 bits per heavy atom. The summed E-state index contributed by atoms with van der Waals surface area (Å²) in [7, 11) is 0. The predicted octanol–water partition coefficient (Wildman–Crippen LogP) is 2.72. The molecule has 2 aromatic carbocycles. The van der Waals surface area contributed by atoms with Crippen LogP contribution in [0.3, 0.4) is 0 Å². The summed E-state index contributed by atoms with van der Waals surface area (Å²) < 4.78 is 1.91. The van der Waals surface area contributed by atoms with Crippen LogP contribution in [0.1, 0.15) is 34.0 Å². The third-order valence-corrected chi connectivity index (χ3v) is 4.74. The van der Waals surface area contributed by atoms with Crippen LogP contribution >= 0.6 is 0 Å². The molecule has 3 aromatic rings. The van der Waals surface area contributed by atoms with Gasteiger partial charge in [-0.15, -0.1) is 0 Å². The number of nitrogens with one attached hydrogen (secondary N) is 3. The quantitative estimate of drug-likeness (QED) is 0.283. The molecule has 3 rings (SSSR count). The molecule has 7 nitrogen and oxygen atoms in total. The molecule has 1 heterocycles. The fourth-order valence-electron chi connectivity index (χ4n) is 3.19. The van der Waals surface area contributed by atoms with Crippen LogP contribution in [-0.4, -0.2) is 41.3 Å². The molecule has 0 unspecified atom stereocenters. The van der Waals surface area contributed by atoms with Gasteiger partial charge in [-0.25, -0.2) is 4.99 Å². The van der Waals surface area contributed by atoms with Gasteiger partial charge >= 0.3 is 0 Å². The molecule has 1 aromatic heterocycles. The van der Waals surface area contributed by atoms with E-state index in [1.54, 1.807) is 6.20 Å². The average molecular weight is 419 g/mol. The van der Waals surface area contributed by atoms with Gasteiger partial charge in [-0.3, -0.25) is 9.48 Å². The maximum Gasteiger partial charge on any atom is 0.251 e. The van der Waals surface area contributed by atoms with Gasteiger partial charge in [-0.05, 0) is 43.2 Å². The third kappa shape index (κ3) is 6.99. The third-order valence-electron chi connectivity index (χ3n) is 4.74. The van der Waals surface area contributed by atoms with Gasteiger partial charge in [0.2, 0.25) is 0 Å². The number of rotatable bonds is 9. The van der Waals surface area contributed by atoms with Crippen molar-refractivity contribution in [3.63, 3.8) is 0 Å². The van der Waals surface area contributed by atoms with Crippen LogP contribution in [0.2, 0.25) is 0 Å². The molecule has 0 fully saturated rings. The highest BCUT2D eigenvalue weighted by Gasteiger charge is 2.06. The summed E-state index contributed by atoms with van der Waals surface area (Å²) >= 11 is 0. The Labute approximate surface area is 183 Å². The molecular formula is C24H30N6O. The fraction of sp³-hybridized carbons (Fsp3) is 0.292. The minimum Gasteiger partial charge on any atom is -0.357 e. The average Bonchev–Trinajstić information content (AvgIpc) is 3.29. The van der Waals surface area contributed by atoms with Gasteiger partial charge in [0.1, 0.15) is 0 Å². The molecule has 0 aliphatic rings. The SMILES string of the molecule is CCNC(=NCc1ccccc1Cn1cccn1)NCCNC(=O)c1cccc(C)c1. The van der Waals surface area contributed by atoms with Crippen LogP contribution in [0.5, 0.6) is 0 Å². The van der Waals surface area contributed by atoms with Gasteiger partial charge in [0.05, 0.1) is 13.1 Å². The van der Waals surface area contributed by atoms with E-state index in [2.05, 4.69) is 33.2 Å². The molecular weight excluding hydrogens is 388 g/mol. The van der Waals surface area contributed by atoms with Crippen molar-refractivity contribution in [1.82, 2.24) is 25.7 Å². The van der Waals surface area contributed by atoms with E-state index in [9.17, 15) is 4.79 Å². The Morgan fingerprint density at radius 3 is 2.55 bits per heavy atom. The first-order valence-corrected chi connectivity index (χ1v) is 10.6. The van der Waals surface area contributed by atoms with Gasteiger partial charge < -0.3 is 16.0 Å². The number of hydrogen-bond donors (Lipinski definition) is 3. The highest BCUT2D eigenvalue weighted by atomic mass is 16.1. The molecule has 7 heteroatoms. The first-order chi connectivity index (χ1) is 15.2. The van der Waals surface area contributed by atoms with Crippen LogP contribution in [0, 0.1) is 6.92 Å². The highest BCUT2D eigenvalue weighted by molar-refractivity contribution is 5.94. The molecule has 0 saturated heterocycles. The smallest absolute Gasteiger partial charge is 0.251 e. The second-order valence-corrected chi connectivity index (χ2v) is 7.22. The number of hydrogen-bond acceptors (Lipinski definition) is 3. The normalized spacial score (nSPS) is 11.2. The van der Waals surface area contributed by atoms with Crippen molar-refractivity contribution in [2.75, 3.05) is 19.6 Å². The van der Waals surface area contributed by atoms with E-state index in [0.717, 1.165) is 23.6 Å². The van der Waals surface area contributed by atoms with Gasteiger partial charge in [0.25, 0.3) is 5.91 Å². The number of nitrogens with zero attached hydrogens (tertiary/aromatic N) is 3. The maximum absolute atomic E-state index is 12.3. The van der Waals surface area contributed by atoms with E-state index in [-0.39, 0.29) is 5.91 Å². The zero-order valence-corrected chi connectivity index (χ0v) is 18.1. The lowest BCUT2D eigenvalue weighted by Crippen LogP contribution is -2.41. The number of aliphatic imine (C=N–C) groups is 1. The molecule has 0 atom stereocenters. The Kier molecular flexibility index (Phi) is 8.22. The van der Waals surface area contributed by atoms with Crippen LogP contribution in [-0.2, 0) is 13.1 Å². The number of amides is 1. The molecule has 0 radical (unpaired) electrons. The van der Waals surface area contributed by atoms with E-state index in [4.69, 9.17) is 4.99 Å². The van der Waals surface area contributed by atoms with Crippen molar-refractivity contribution in [3.05, 3.63) is 89.2 Å². The second kappa shape index (κ2) is 11.5. The lowest BCUT2D eigenvalue weighted by Gasteiger charge is -2.13. The minimum absolute atomic E-state index is 0.0695. The molecule has 162 valence electrons. The molecule has 1 amide bonds. The first kappa shape index (κ1) is 22.1. The van der Waals surface area contributed by atoms with E-state index < -0.39 is 0 Å². The number of carbonyl (C=O) groups is 1. The Balaban J connectivity index is 1.53. The zero-order chi connectivity index (χ0) is 21.9. The van der Waals surface area contributed by atoms with Crippen molar-refractivity contribution in [2.45, 2.75) is 26.9 Å². The molecule has 31 heavy (non-hydrogen) atoms. The maximum atomic E-state index is 12.3. The summed E-state index contributed by atoms with van der Waals surface area (Å²) in [5.41, 5.74) is 4.09. The predicted molar refractivity (Wildman–Crippen MR) is 124 cm³/mol. The van der Waals surface area contributed by atoms with Gasteiger partial charge in [0, 0.05) is 37.6 Å². The largest absolute Gasteiger partial charge is 0.357 e. The minimum atomic E-state index is -0.0695. The van der Waals surface area contributed by atoms with Crippen LogP contribution in [0.4, 0.5) is 0 Å². The van der Waals surface area contributed by atoms with Crippen molar-refractivity contribution >= 4 is 11.9 Å².